The minimum atomic E-state index is 0.259. The summed E-state index contributed by atoms with van der Waals surface area (Å²) in [5.74, 6) is 1.40. The second-order valence-corrected chi connectivity index (χ2v) is 5.42. The van der Waals surface area contributed by atoms with Crippen molar-refractivity contribution < 1.29 is 6.11 Å². The first-order chi connectivity index (χ1) is 10.7. The Hall–Kier alpha value is -1.51. The molecule has 2 rings (SSSR count). The Morgan fingerprint density at radius 2 is 1.86 bits per heavy atom. The Labute approximate surface area is 133 Å². The van der Waals surface area contributed by atoms with Gasteiger partial charge in [-0.3, -0.25) is 4.90 Å². The molecule has 2 nitrogen and oxygen atoms in total. The third-order valence-electron chi connectivity index (χ3n) is 3.40. The fourth-order valence-electron chi connectivity index (χ4n) is 2.17. The Bertz CT molecular complexity index is 547. The van der Waals surface area contributed by atoms with Gasteiger partial charge in [0.25, 0.3) is 0 Å². The molecule has 2 aromatic carbocycles. The normalized spacial score (nSPS) is 13.0. The molecule has 1 atom stereocenters. The SMILES string of the molecule is [2H]c1ccc(OCC(C)N(CCCl)Cc2ccccc2)cc1. The van der Waals surface area contributed by atoms with E-state index in [-0.39, 0.29) is 6.04 Å². The number of alkyl halides is 1. The number of halogens is 1. The predicted octanol–water partition coefficient (Wildman–Crippen LogP) is 4.19. The van der Waals surface area contributed by atoms with Crippen LogP contribution in [-0.2, 0) is 6.54 Å². The zero-order chi connectivity index (χ0) is 15.8. The smallest absolute Gasteiger partial charge is 0.119 e. The summed E-state index contributed by atoms with van der Waals surface area (Å²) >= 11 is 5.94. The van der Waals surface area contributed by atoms with Crippen LogP contribution in [0.4, 0.5) is 0 Å². The molecule has 2 aromatic rings. The number of nitrogens with zero attached hydrogens (tertiary/aromatic N) is 1. The maximum absolute atomic E-state index is 7.48. The van der Waals surface area contributed by atoms with Crippen LogP contribution in [0.2, 0.25) is 0 Å². The van der Waals surface area contributed by atoms with Gasteiger partial charge in [0.05, 0.1) is 1.37 Å². The van der Waals surface area contributed by atoms with Crippen molar-refractivity contribution in [2.24, 2.45) is 0 Å². The molecular formula is C18H22ClNO. The number of benzene rings is 2. The van der Waals surface area contributed by atoms with Crippen molar-refractivity contribution in [2.75, 3.05) is 19.0 Å². The van der Waals surface area contributed by atoms with E-state index in [0.29, 0.717) is 18.5 Å². The molecule has 0 radical (unpaired) electrons. The van der Waals surface area contributed by atoms with E-state index in [2.05, 4.69) is 36.1 Å². The van der Waals surface area contributed by atoms with Gasteiger partial charge in [-0.2, -0.15) is 0 Å². The largest absolute Gasteiger partial charge is 0.492 e. The lowest BCUT2D eigenvalue weighted by Gasteiger charge is -2.28. The maximum Gasteiger partial charge on any atom is 0.119 e. The number of para-hydroxylation sites is 1. The number of hydrogen-bond donors (Lipinski definition) is 0. The van der Waals surface area contributed by atoms with Crippen LogP contribution in [0.5, 0.6) is 5.75 Å². The third-order valence-corrected chi connectivity index (χ3v) is 3.57. The molecule has 3 heteroatoms. The van der Waals surface area contributed by atoms with Crippen molar-refractivity contribution in [3.8, 4) is 5.75 Å². The van der Waals surface area contributed by atoms with Crippen molar-refractivity contribution in [2.45, 2.75) is 19.5 Å². The van der Waals surface area contributed by atoms with E-state index in [1.54, 1.807) is 12.1 Å². The summed E-state index contributed by atoms with van der Waals surface area (Å²) in [6.07, 6.45) is 0. The molecule has 0 N–H and O–H groups in total. The Morgan fingerprint density at radius 3 is 2.52 bits per heavy atom. The van der Waals surface area contributed by atoms with Crippen molar-refractivity contribution in [3.63, 3.8) is 0 Å². The summed E-state index contributed by atoms with van der Waals surface area (Å²) in [6.45, 7) is 4.44. The monoisotopic (exact) mass is 304 g/mol. The van der Waals surface area contributed by atoms with E-state index in [4.69, 9.17) is 17.7 Å². The minimum Gasteiger partial charge on any atom is -0.492 e. The van der Waals surface area contributed by atoms with Crippen molar-refractivity contribution in [1.29, 1.82) is 0 Å². The summed E-state index contributed by atoms with van der Waals surface area (Å²) in [6, 6.07) is 18.3. The maximum atomic E-state index is 7.48. The zero-order valence-electron chi connectivity index (χ0n) is 13.3. The van der Waals surface area contributed by atoms with Gasteiger partial charge >= 0.3 is 0 Å². The van der Waals surface area contributed by atoms with Gasteiger partial charge in [0, 0.05) is 25.0 Å². The first kappa shape index (κ1) is 14.4. The van der Waals surface area contributed by atoms with E-state index in [9.17, 15) is 0 Å². The van der Waals surface area contributed by atoms with Crippen LogP contribution < -0.4 is 4.74 Å². The van der Waals surface area contributed by atoms with Crippen molar-refractivity contribution in [1.82, 2.24) is 4.90 Å². The van der Waals surface area contributed by atoms with Gasteiger partial charge in [0.15, 0.2) is 0 Å². The van der Waals surface area contributed by atoms with Gasteiger partial charge in [-0.1, -0.05) is 48.5 Å². The van der Waals surface area contributed by atoms with Crippen LogP contribution in [-0.4, -0.2) is 30.0 Å². The lowest BCUT2D eigenvalue weighted by atomic mass is 10.2. The average molecular weight is 305 g/mol. The highest BCUT2D eigenvalue weighted by atomic mass is 35.5. The lowest BCUT2D eigenvalue weighted by Crippen LogP contribution is -2.38. The minimum absolute atomic E-state index is 0.259. The highest BCUT2D eigenvalue weighted by molar-refractivity contribution is 6.18. The molecule has 112 valence electrons. The third kappa shape index (κ3) is 5.41. The van der Waals surface area contributed by atoms with E-state index in [0.717, 1.165) is 18.8 Å². The molecule has 0 aliphatic rings. The molecule has 0 heterocycles. The van der Waals surface area contributed by atoms with Crippen LogP contribution >= 0.6 is 11.6 Å². The Balaban J connectivity index is 1.91. The van der Waals surface area contributed by atoms with Crippen molar-refractivity contribution in [3.05, 3.63) is 66.2 Å². The number of ether oxygens (including phenoxy) is 1. The molecular weight excluding hydrogens is 282 g/mol. The van der Waals surface area contributed by atoms with E-state index >= 15 is 0 Å². The van der Waals surface area contributed by atoms with Gasteiger partial charge in [0.2, 0.25) is 0 Å². The highest BCUT2D eigenvalue weighted by Gasteiger charge is 2.14. The second-order valence-electron chi connectivity index (χ2n) is 5.04. The number of rotatable bonds is 8. The molecule has 1 unspecified atom stereocenters. The molecule has 0 bridgehead atoms. The first-order valence-corrected chi connectivity index (χ1v) is 7.76. The Kier molecular flexibility index (Phi) is 5.98. The fraction of sp³-hybridized carbons (Fsp3) is 0.333. The molecule has 0 fully saturated rings. The fourth-order valence-corrected chi connectivity index (χ4v) is 2.39. The highest BCUT2D eigenvalue weighted by Crippen LogP contribution is 2.12. The van der Waals surface area contributed by atoms with Crippen LogP contribution in [0.1, 0.15) is 13.9 Å². The van der Waals surface area contributed by atoms with Crippen LogP contribution in [0.25, 0.3) is 0 Å². The van der Waals surface area contributed by atoms with Gasteiger partial charge in [0.1, 0.15) is 12.4 Å². The molecule has 0 aliphatic heterocycles. The lowest BCUT2D eigenvalue weighted by molar-refractivity contribution is 0.146. The first-order valence-electron chi connectivity index (χ1n) is 7.72. The van der Waals surface area contributed by atoms with Crippen LogP contribution in [0, 0.1) is 0 Å². The average Bonchev–Trinajstić information content (AvgIpc) is 2.54. The van der Waals surface area contributed by atoms with Crippen molar-refractivity contribution >= 4 is 11.6 Å². The van der Waals surface area contributed by atoms with Gasteiger partial charge < -0.3 is 4.74 Å². The quantitative estimate of drug-likeness (QED) is 0.678. The second kappa shape index (κ2) is 8.71. The van der Waals surface area contributed by atoms with Gasteiger partial charge in [-0.15, -0.1) is 11.6 Å². The van der Waals surface area contributed by atoms with Gasteiger partial charge in [-0.05, 0) is 24.6 Å². The summed E-state index contributed by atoms with van der Waals surface area (Å²) < 4.78 is 13.3. The summed E-state index contributed by atoms with van der Waals surface area (Å²) in [5.41, 5.74) is 1.28. The van der Waals surface area contributed by atoms with Gasteiger partial charge in [-0.25, -0.2) is 0 Å². The Morgan fingerprint density at radius 1 is 1.14 bits per heavy atom. The molecule has 0 aromatic heterocycles. The number of hydrogen-bond acceptors (Lipinski definition) is 2. The van der Waals surface area contributed by atoms with Crippen LogP contribution in [0.3, 0.4) is 0 Å². The standard InChI is InChI=1S/C18H22ClNO/c1-16(15-21-18-10-6-3-7-11-18)20(13-12-19)14-17-8-4-2-5-9-17/h2-11,16H,12-15H2,1H3/i3D. The molecule has 0 saturated heterocycles. The molecule has 0 aliphatic carbocycles. The van der Waals surface area contributed by atoms with E-state index < -0.39 is 0 Å². The molecule has 0 saturated carbocycles. The van der Waals surface area contributed by atoms with E-state index in [1.165, 1.54) is 5.56 Å². The summed E-state index contributed by atoms with van der Waals surface area (Å²) in [7, 11) is 0. The molecule has 21 heavy (non-hydrogen) atoms. The van der Waals surface area contributed by atoms with E-state index in [1.807, 2.05) is 18.2 Å². The summed E-state index contributed by atoms with van der Waals surface area (Å²) in [5, 5.41) is 0. The molecule has 0 spiro atoms. The zero-order valence-corrected chi connectivity index (χ0v) is 13.1. The summed E-state index contributed by atoms with van der Waals surface area (Å²) in [4.78, 5) is 2.32. The molecule has 0 amide bonds. The van der Waals surface area contributed by atoms with Crippen LogP contribution in [0.15, 0.2) is 60.6 Å². The topological polar surface area (TPSA) is 12.5 Å². The predicted molar refractivity (Wildman–Crippen MR) is 89.0 cm³/mol.